The maximum Gasteiger partial charge on any atom is 0.317 e. The minimum atomic E-state index is -1.10. The molecule has 0 radical (unpaired) electrons. The molecule has 0 aromatic rings. The van der Waals surface area contributed by atoms with Crippen molar-refractivity contribution in [2.24, 2.45) is 5.41 Å². The highest BCUT2D eigenvalue weighted by Crippen LogP contribution is 2.39. The van der Waals surface area contributed by atoms with Crippen molar-refractivity contribution in [1.29, 1.82) is 0 Å². The highest BCUT2D eigenvalue weighted by molar-refractivity contribution is 6.04. The lowest BCUT2D eigenvalue weighted by molar-refractivity contribution is -0.153. The minimum absolute atomic E-state index is 0.0994. The van der Waals surface area contributed by atoms with Crippen LogP contribution in [0.15, 0.2) is 0 Å². The van der Waals surface area contributed by atoms with Gasteiger partial charge in [0.2, 0.25) is 6.41 Å². The Kier molecular flexibility index (Phi) is 5.82. The summed E-state index contributed by atoms with van der Waals surface area (Å²) < 4.78 is 0. The molecule has 1 saturated carbocycles. The Balaban J connectivity index is 2.25. The molecule has 102 valence electrons. The van der Waals surface area contributed by atoms with Crippen molar-refractivity contribution in [3.8, 4) is 0 Å². The zero-order chi connectivity index (χ0) is 13.4. The molecule has 1 aliphatic rings. The van der Waals surface area contributed by atoms with Crippen molar-refractivity contribution in [3.05, 3.63) is 0 Å². The van der Waals surface area contributed by atoms with Gasteiger partial charge in [0.05, 0.1) is 0 Å². The molecular weight excluding hydrogens is 234 g/mol. The van der Waals surface area contributed by atoms with E-state index in [4.69, 9.17) is 0 Å². The van der Waals surface area contributed by atoms with E-state index in [0.29, 0.717) is 38.6 Å². The van der Waals surface area contributed by atoms with Crippen molar-refractivity contribution < 1.29 is 19.5 Å². The number of carbonyl (C=O) groups excluding carboxylic acids is 2. The number of carboxylic acid groups (broad SMARTS) is 1. The lowest BCUT2D eigenvalue weighted by atomic mass is 9.80. The summed E-state index contributed by atoms with van der Waals surface area (Å²) >= 11 is 0. The van der Waals surface area contributed by atoms with Crippen LogP contribution < -0.4 is 5.32 Å². The topological polar surface area (TPSA) is 83.5 Å². The van der Waals surface area contributed by atoms with Crippen LogP contribution in [0.3, 0.4) is 0 Å². The van der Waals surface area contributed by atoms with E-state index in [1.807, 2.05) is 0 Å². The Labute approximate surface area is 107 Å². The van der Waals surface area contributed by atoms with Gasteiger partial charge in [-0.15, -0.1) is 0 Å². The Morgan fingerprint density at radius 2 is 2.06 bits per heavy atom. The molecule has 0 saturated heterocycles. The number of carboxylic acids is 1. The predicted molar refractivity (Wildman–Crippen MR) is 66.1 cm³/mol. The first-order valence-corrected chi connectivity index (χ1v) is 6.57. The molecule has 0 aliphatic heterocycles. The van der Waals surface area contributed by atoms with Crippen LogP contribution in [0.4, 0.5) is 0 Å². The van der Waals surface area contributed by atoms with Crippen LogP contribution in [0.1, 0.15) is 51.4 Å². The fourth-order valence-electron chi connectivity index (χ4n) is 2.59. The molecule has 1 fully saturated rings. The van der Waals surface area contributed by atoms with Gasteiger partial charge in [-0.2, -0.15) is 0 Å². The van der Waals surface area contributed by atoms with Gasteiger partial charge in [-0.05, 0) is 25.7 Å². The predicted octanol–water partition coefficient (Wildman–Crippen LogP) is 1.51. The van der Waals surface area contributed by atoms with Crippen molar-refractivity contribution in [2.75, 3.05) is 6.54 Å². The SMILES string of the molecule is O=CNCCCCCCC1(C(=O)O)CCCC1=O. The molecule has 5 heteroatoms. The van der Waals surface area contributed by atoms with E-state index in [1.54, 1.807) is 0 Å². The van der Waals surface area contributed by atoms with Gasteiger partial charge in [-0.3, -0.25) is 14.4 Å². The summed E-state index contributed by atoms with van der Waals surface area (Å²) in [6.45, 7) is 0.659. The number of amides is 1. The van der Waals surface area contributed by atoms with Crippen LogP contribution in [0.25, 0.3) is 0 Å². The lowest BCUT2D eigenvalue weighted by Crippen LogP contribution is -2.35. The minimum Gasteiger partial charge on any atom is -0.480 e. The number of rotatable bonds is 9. The van der Waals surface area contributed by atoms with Crippen LogP contribution >= 0.6 is 0 Å². The van der Waals surface area contributed by atoms with Crippen molar-refractivity contribution in [2.45, 2.75) is 51.4 Å². The van der Waals surface area contributed by atoms with E-state index in [1.165, 1.54) is 0 Å². The summed E-state index contributed by atoms with van der Waals surface area (Å²) in [5.41, 5.74) is -1.10. The Morgan fingerprint density at radius 3 is 2.61 bits per heavy atom. The molecule has 1 rings (SSSR count). The van der Waals surface area contributed by atoms with E-state index in [0.717, 1.165) is 25.7 Å². The number of hydrogen-bond donors (Lipinski definition) is 2. The largest absolute Gasteiger partial charge is 0.480 e. The molecule has 1 aliphatic carbocycles. The van der Waals surface area contributed by atoms with Gasteiger partial charge in [0.15, 0.2) is 0 Å². The zero-order valence-corrected chi connectivity index (χ0v) is 10.6. The quantitative estimate of drug-likeness (QED) is 0.371. The smallest absolute Gasteiger partial charge is 0.317 e. The maximum atomic E-state index is 11.7. The van der Waals surface area contributed by atoms with Crippen LogP contribution in [-0.2, 0) is 14.4 Å². The van der Waals surface area contributed by atoms with E-state index in [2.05, 4.69) is 5.32 Å². The fraction of sp³-hybridized carbons (Fsp3) is 0.769. The van der Waals surface area contributed by atoms with Crippen molar-refractivity contribution >= 4 is 18.2 Å². The molecule has 18 heavy (non-hydrogen) atoms. The second kappa shape index (κ2) is 7.13. The van der Waals surface area contributed by atoms with Gasteiger partial charge in [0, 0.05) is 13.0 Å². The Bertz CT molecular complexity index is 316. The Morgan fingerprint density at radius 1 is 1.33 bits per heavy atom. The summed E-state index contributed by atoms with van der Waals surface area (Å²) in [6.07, 6.45) is 6.26. The van der Waals surface area contributed by atoms with Crippen LogP contribution in [0, 0.1) is 5.41 Å². The molecular formula is C13H21NO4. The van der Waals surface area contributed by atoms with Crippen molar-refractivity contribution in [1.82, 2.24) is 5.32 Å². The van der Waals surface area contributed by atoms with E-state index >= 15 is 0 Å². The number of aliphatic carboxylic acids is 1. The van der Waals surface area contributed by atoms with Gasteiger partial charge < -0.3 is 10.4 Å². The van der Waals surface area contributed by atoms with Crippen LogP contribution in [-0.4, -0.2) is 29.8 Å². The number of unbranched alkanes of at least 4 members (excludes halogenated alkanes) is 3. The molecule has 1 unspecified atom stereocenters. The number of Topliss-reactive ketones (excluding diaryl/α,β-unsaturated/α-hetero) is 1. The first-order chi connectivity index (χ1) is 8.63. The molecule has 0 aromatic heterocycles. The molecule has 1 amide bonds. The third-order valence-corrected chi connectivity index (χ3v) is 3.71. The highest BCUT2D eigenvalue weighted by Gasteiger charge is 2.47. The third kappa shape index (κ3) is 3.55. The lowest BCUT2D eigenvalue weighted by Gasteiger charge is -2.21. The number of nitrogens with one attached hydrogen (secondary N) is 1. The van der Waals surface area contributed by atoms with Gasteiger partial charge in [-0.25, -0.2) is 0 Å². The fourth-order valence-corrected chi connectivity index (χ4v) is 2.59. The van der Waals surface area contributed by atoms with E-state index < -0.39 is 11.4 Å². The first kappa shape index (κ1) is 14.7. The molecule has 0 heterocycles. The van der Waals surface area contributed by atoms with Gasteiger partial charge in [0.25, 0.3) is 0 Å². The summed E-state index contributed by atoms with van der Waals surface area (Å²) in [7, 11) is 0. The average Bonchev–Trinajstić information content (AvgIpc) is 2.71. The van der Waals surface area contributed by atoms with Crippen LogP contribution in [0.2, 0.25) is 0 Å². The second-order valence-corrected chi connectivity index (χ2v) is 4.90. The van der Waals surface area contributed by atoms with Gasteiger partial charge >= 0.3 is 5.97 Å². The van der Waals surface area contributed by atoms with E-state index in [-0.39, 0.29) is 5.78 Å². The maximum absolute atomic E-state index is 11.7. The normalized spacial score (nSPS) is 23.0. The monoisotopic (exact) mass is 255 g/mol. The number of carbonyl (C=O) groups is 3. The van der Waals surface area contributed by atoms with Gasteiger partial charge in [0.1, 0.15) is 11.2 Å². The zero-order valence-electron chi connectivity index (χ0n) is 10.6. The Hall–Kier alpha value is -1.39. The molecule has 5 nitrogen and oxygen atoms in total. The second-order valence-electron chi connectivity index (χ2n) is 4.90. The number of hydrogen-bond acceptors (Lipinski definition) is 3. The van der Waals surface area contributed by atoms with Crippen molar-refractivity contribution in [3.63, 3.8) is 0 Å². The average molecular weight is 255 g/mol. The summed E-state index contributed by atoms with van der Waals surface area (Å²) in [6, 6.07) is 0. The molecule has 0 aromatic carbocycles. The summed E-state index contributed by atoms with van der Waals surface area (Å²) in [5.74, 6) is -1.05. The molecule has 2 N–H and O–H groups in total. The van der Waals surface area contributed by atoms with E-state index in [9.17, 15) is 19.5 Å². The number of ketones is 1. The highest BCUT2D eigenvalue weighted by atomic mass is 16.4. The molecule has 0 spiro atoms. The summed E-state index contributed by atoms with van der Waals surface area (Å²) in [4.78, 5) is 33.0. The third-order valence-electron chi connectivity index (χ3n) is 3.71. The first-order valence-electron chi connectivity index (χ1n) is 6.57. The summed E-state index contributed by atoms with van der Waals surface area (Å²) in [5, 5.41) is 11.8. The molecule has 1 atom stereocenters. The molecule has 0 bridgehead atoms. The van der Waals surface area contributed by atoms with Crippen LogP contribution in [0.5, 0.6) is 0 Å². The van der Waals surface area contributed by atoms with Gasteiger partial charge in [-0.1, -0.05) is 19.3 Å². The standard InChI is InChI=1S/C13H21NO4/c15-10-14-9-4-2-1-3-7-13(12(17)18)8-5-6-11(13)16/h10H,1-9H2,(H,14,15)(H,17,18).